The van der Waals surface area contributed by atoms with Gasteiger partial charge < -0.3 is 10.1 Å². The number of ether oxygens (including phenoxy) is 1. The molecule has 0 radical (unpaired) electrons. The van der Waals surface area contributed by atoms with Crippen LogP contribution in [0.1, 0.15) is 31.4 Å². The predicted octanol–water partition coefficient (Wildman–Crippen LogP) is 2.08. The van der Waals surface area contributed by atoms with E-state index >= 15 is 0 Å². The molecule has 0 spiro atoms. The Morgan fingerprint density at radius 2 is 2.22 bits per heavy atom. The number of hydrogen-bond donors (Lipinski definition) is 1. The van der Waals surface area contributed by atoms with Gasteiger partial charge in [-0.05, 0) is 50.1 Å². The van der Waals surface area contributed by atoms with Gasteiger partial charge in [0.15, 0.2) is 5.78 Å². The van der Waals surface area contributed by atoms with Gasteiger partial charge in [0, 0.05) is 0 Å². The zero-order chi connectivity index (χ0) is 13.3. The Bertz CT molecular complexity index is 470. The van der Waals surface area contributed by atoms with Crippen LogP contribution in [0, 0.1) is 0 Å². The van der Waals surface area contributed by atoms with E-state index in [1.54, 1.807) is 7.11 Å². The van der Waals surface area contributed by atoms with Crippen LogP contribution in [-0.2, 0) is 16.6 Å². The lowest BCUT2D eigenvalue weighted by atomic mass is 9.67. The first kappa shape index (κ1) is 13.1. The summed E-state index contributed by atoms with van der Waals surface area (Å²) in [5.41, 5.74) is 1.97. The maximum atomic E-state index is 12.6. The van der Waals surface area contributed by atoms with Crippen molar-refractivity contribution >= 4 is 5.78 Å². The average Bonchev–Trinajstić information content (AvgIpc) is 2.42. The molecule has 0 saturated carbocycles. The second-order valence-corrected chi connectivity index (χ2v) is 5.12. The van der Waals surface area contributed by atoms with Crippen molar-refractivity contribution in [2.75, 3.05) is 14.2 Å². The second kappa shape index (κ2) is 4.73. The van der Waals surface area contributed by atoms with E-state index in [0.717, 1.165) is 24.2 Å². The standard InChI is InChI=1S/C15H21NO2/c1-5-15(2)12-9-11(18-4)7-6-10(12)8-13(16-3)14(15)17/h6-7,9,13,16H,5,8H2,1-4H3/t13-,15?/m0/s1. The van der Waals surface area contributed by atoms with Gasteiger partial charge in [-0.15, -0.1) is 0 Å². The van der Waals surface area contributed by atoms with Crippen LogP contribution in [-0.4, -0.2) is 26.0 Å². The number of carbonyl (C=O) groups is 1. The molecule has 0 aliphatic heterocycles. The molecule has 3 nitrogen and oxygen atoms in total. The topological polar surface area (TPSA) is 38.3 Å². The third-order valence-corrected chi connectivity index (χ3v) is 4.25. The molecule has 0 fully saturated rings. The van der Waals surface area contributed by atoms with Crippen molar-refractivity contribution in [2.24, 2.45) is 0 Å². The molecular weight excluding hydrogens is 226 g/mol. The van der Waals surface area contributed by atoms with Crippen LogP contribution < -0.4 is 10.1 Å². The molecule has 0 heterocycles. The number of fused-ring (bicyclic) bond motifs is 1. The molecule has 0 amide bonds. The van der Waals surface area contributed by atoms with Crippen molar-refractivity contribution in [1.82, 2.24) is 5.32 Å². The third-order valence-electron chi connectivity index (χ3n) is 4.25. The van der Waals surface area contributed by atoms with E-state index < -0.39 is 5.41 Å². The van der Waals surface area contributed by atoms with Crippen LogP contribution in [0.4, 0.5) is 0 Å². The molecule has 98 valence electrons. The highest BCUT2D eigenvalue weighted by Crippen LogP contribution is 2.38. The van der Waals surface area contributed by atoms with Crippen LogP contribution in [0.25, 0.3) is 0 Å². The first-order valence-corrected chi connectivity index (χ1v) is 6.45. The molecule has 0 bridgehead atoms. The maximum Gasteiger partial charge on any atom is 0.160 e. The summed E-state index contributed by atoms with van der Waals surface area (Å²) in [7, 11) is 3.51. The first-order chi connectivity index (χ1) is 8.56. The highest BCUT2D eigenvalue weighted by Gasteiger charge is 2.42. The summed E-state index contributed by atoms with van der Waals surface area (Å²) >= 11 is 0. The fourth-order valence-electron chi connectivity index (χ4n) is 2.80. The minimum absolute atomic E-state index is 0.0733. The number of benzene rings is 1. The van der Waals surface area contributed by atoms with E-state index in [0.29, 0.717) is 0 Å². The highest BCUT2D eigenvalue weighted by atomic mass is 16.5. The lowest BCUT2D eigenvalue weighted by Gasteiger charge is -2.38. The van der Waals surface area contributed by atoms with Crippen molar-refractivity contribution in [3.63, 3.8) is 0 Å². The lowest BCUT2D eigenvalue weighted by molar-refractivity contribution is -0.126. The molecule has 0 aromatic heterocycles. The predicted molar refractivity (Wildman–Crippen MR) is 72.2 cm³/mol. The Morgan fingerprint density at radius 3 is 2.78 bits per heavy atom. The van der Waals surface area contributed by atoms with Crippen molar-refractivity contribution in [3.8, 4) is 5.75 Å². The van der Waals surface area contributed by atoms with Crippen LogP contribution in [0.5, 0.6) is 5.75 Å². The van der Waals surface area contributed by atoms with Crippen molar-refractivity contribution < 1.29 is 9.53 Å². The van der Waals surface area contributed by atoms with Gasteiger partial charge in [0.25, 0.3) is 0 Å². The Morgan fingerprint density at radius 1 is 1.50 bits per heavy atom. The molecule has 3 heteroatoms. The number of carbonyl (C=O) groups excluding carboxylic acids is 1. The van der Waals surface area contributed by atoms with E-state index in [1.807, 2.05) is 26.1 Å². The molecule has 1 aliphatic carbocycles. The minimum atomic E-state index is -0.407. The van der Waals surface area contributed by atoms with E-state index in [4.69, 9.17) is 4.74 Å². The van der Waals surface area contributed by atoms with Crippen molar-refractivity contribution in [1.29, 1.82) is 0 Å². The zero-order valence-electron chi connectivity index (χ0n) is 11.5. The molecule has 1 aliphatic rings. The summed E-state index contributed by atoms with van der Waals surface area (Å²) in [6, 6.07) is 6.00. The van der Waals surface area contributed by atoms with E-state index in [2.05, 4.69) is 18.3 Å². The number of methoxy groups -OCH3 is 1. The fourth-order valence-corrected chi connectivity index (χ4v) is 2.80. The molecule has 1 unspecified atom stereocenters. The molecule has 0 saturated heterocycles. The van der Waals surface area contributed by atoms with Gasteiger partial charge in [-0.2, -0.15) is 0 Å². The number of nitrogens with one attached hydrogen (secondary N) is 1. The summed E-state index contributed by atoms with van der Waals surface area (Å²) in [5.74, 6) is 1.11. The largest absolute Gasteiger partial charge is 0.497 e. The van der Waals surface area contributed by atoms with E-state index in [9.17, 15) is 4.79 Å². The number of hydrogen-bond acceptors (Lipinski definition) is 3. The molecular formula is C15H21NO2. The second-order valence-electron chi connectivity index (χ2n) is 5.12. The number of Topliss-reactive ketones (excluding diaryl/α,β-unsaturated/α-hetero) is 1. The van der Waals surface area contributed by atoms with E-state index in [-0.39, 0.29) is 11.8 Å². The van der Waals surface area contributed by atoms with Gasteiger partial charge in [-0.25, -0.2) is 0 Å². The van der Waals surface area contributed by atoms with Gasteiger partial charge in [-0.3, -0.25) is 4.79 Å². The van der Waals surface area contributed by atoms with Gasteiger partial charge in [0.1, 0.15) is 5.75 Å². The Balaban J connectivity index is 2.57. The summed E-state index contributed by atoms with van der Waals surface area (Å²) < 4.78 is 5.28. The highest BCUT2D eigenvalue weighted by molar-refractivity contribution is 5.96. The minimum Gasteiger partial charge on any atom is -0.497 e. The Labute approximate surface area is 109 Å². The van der Waals surface area contributed by atoms with Gasteiger partial charge in [-0.1, -0.05) is 13.0 Å². The third kappa shape index (κ3) is 1.83. The van der Waals surface area contributed by atoms with Crippen LogP contribution in [0.2, 0.25) is 0 Å². The summed E-state index contributed by atoms with van der Waals surface area (Å²) in [6.45, 7) is 4.11. The zero-order valence-corrected chi connectivity index (χ0v) is 11.5. The maximum absolute atomic E-state index is 12.6. The molecule has 1 N–H and O–H groups in total. The first-order valence-electron chi connectivity index (χ1n) is 6.45. The van der Waals surface area contributed by atoms with Crippen LogP contribution in [0.3, 0.4) is 0 Å². The number of ketones is 1. The van der Waals surface area contributed by atoms with Gasteiger partial charge in [0.05, 0.1) is 18.6 Å². The summed E-state index contributed by atoms with van der Waals surface area (Å²) in [5, 5.41) is 3.13. The Kier molecular flexibility index (Phi) is 3.44. The van der Waals surface area contributed by atoms with Gasteiger partial charge in [0.2, 0.25) is 0 Å². The number of likely N-dealkylation sites (N-methyl/N-ethyl adjacent to an activating group) is 1. The smallest absolute Gasteiger partial charge is 0.160 e. The molecule has 2 rings (SSSR count). The molecule has 1 aromatic carbocycles. The molecule has 18 heavy (non-hydrogen) atoms. The van der Waals surface area contributed by atoms with Crippen LogP contribution >= 0.6 is 0 Å². The average molecular weight is 247 g/mol. The Hall–Kier alpha value is -1.35. The van der Waals surface area contributed by atoms with Crippen molar-refractivity contribution in [2.45, 2.75) is 38.1 Å². The van der Waals surface area contributed by atoms with E-state index in [1.165, 1.54) is 5.56 Å². The normalized spacial score (nSPS) is 26.9. The molecule has 1 aromatic rings. The summed E-state index contributed by atoms with van der Waals surface area (Å²) in [4.78, 5) is 12.6. The lowest BCUT2D eigenvalue weighted by Crippen LogP contribution is -2.51. The quantitative estimate of drug-likeness (QED) is 0.888. The summed E-state index contributed by atoms with van der Waals surface area (Å²) in [6.07, 6.45) is 1.58. The SMILES string of the molecule is CCC1(C)C(=O)[C@@H](NC)Cc2ccc(OC)cc21. The monoisotopic (exact) mass is 247 g/mol. The van der Waals surface area contributed by atoms with Crippen molar-refractivity contribution in [3.05, 3.63) is 29.3 Å². The molecule has 2 atom stereocenters. The van der Waals surface area contributed by atoms with Gasteiger partial charge >= 0.3 is 0 Å². The number of rotatable bonds is 3. The fraction of sp³-hybridized carbons (Fsp3) is 0.533. The van der Waals surface area contributed by atoms with Crippen LogP contribution in [0.15, 0.2) is 18.2 Å².